The van der Waals surface area contributed by atoms with Gasteiger partial charge in [0.15, 0.2) is 0 Å². The van der Waals surface area contributed by atoms with Gasteiger partial charge in [0, 0.05) is 53.9 Å². The molecule has 0 aromatic heterocycles. The molecule has 2 heterocycles. The number of hydrogen-bond acceptors (Lipinski definition) is 8. The van der Waals surface area contributed by atoms with Crippen LogP contribution >= 0.6 is 35.0 Å². The quantitative estimate of drug-likeness (QED) is 0.152. The fourth-order valence-electron chi connectivity index (χ4n) is 6.49. The second-order valence-electron chi connectivity index (χ2n) is 12.8. The van der Waals surface area contributed by atoms with Crippen molar-refractivity contribution < 1.29 is 19.1 Å². The van der Waals surface area contributed by atoms with E-state index < -0.39 is 12.0 Å². The van der Waals surface area contributed by atoms with Crippen LogP contribution in [0.4, 0.5) is 16.2 Å². The van der Waals surface area contributed by atoms with Crippen molar-refractivity contribution in [2.45, 2.75) is 82.5 Å². The maximum atomic E-state index is 14.0. The molecule has 1 aliphatic carbocycles. The topological polar surface area (TPSA) is 120 Å². The summed E-state index contributed by atoms with van der Waals surface area (Å²) in [7, 11) is 1.31. The number of urea groups is 1. The van der Waals surface area contributed by atoms with Crippen molar-refractivity contribution in [3.63, 3.8) is 0 Å². The summed E-state index contributed by atoms with van der Waals surface area (Å²) in [5.74, 6) is 1.21. The monoisotopic (exact) mass is 718 g/mol. The van der Waals surface area contributed by atoms with Gasteiger partial charge in [-0.2, -0.15) is 0 Å². The lowest BCUT2D eigenvalue weighted by Gasteiger charge is -2.39. The van der Waals surface area contributed by atoms with Crippen molar-refractivity contribution in [2.24, 2.45) is 5.73 Å². The molecule has 1 saturated heterocycles. The number of unbranched alkanes of at least 4 members (excludes halogenated alkanes) is 3. The third kappa shape index (κ3) is 9.50. The van der Waals surface area contributed by atoms with Crippen LogP contribution in [0.15, 0.2) is 36.4 Å². The predicted molar refractivity (Wildman–Crippen MR) is 195 cm³/mol. The lowest BCUT2D eigenvalue weighted by Crippen LogP contribution is -2.52. The van der Waals surface area contributed by atoms with Gasteiger partial charge in [-0.1, -0.05) is 41.8 Å². The molecular formula is C35H48Cl2N6O4S. The summed E-state index contributed by atoms with van der Waals surface area (Å²) in [6.45, 7) is 3.17. The Morgan fingerprint density at radius 3 is 2.50 bits per heavy atom. The van der Waals surface area contributed by atoms with Gasteiger partial charge in [0.25, 0.3) is 0 Å². The van der Waals surface area contributed by atoms with Crippen LogP contribution in [0.2, 0.25) is 10.0 Å². The van der Waals surface area contributed by atoms with Crippen LogP contribution in [0.25, 0.3) is 0 Å². The third-order valence-electron chi connectivity index (χ3n) is 9.29. The summed E-state index contributed by atoms with van der Waals surface area (Å²) in [4.78, 5) is 44.9. The number of fused-ring (bicyclic) bond motifs is 1. The number of para-hydroxylation sites is 2. The number of rotatable bonds is 16. The average molecular weight is 720 g/mol. The van der Waals surface area contributed by atoms with E-state index in [0.717, 1.165) is 73.5 Å². The molecule has 0 unspecified atom stereocenters. The van der Waals surface area contributed by atoms with Crippen LogP contribution in [0.5, 0.6) is 0 Å². The molecule has 1 saturated carbocycles. The van der Waals surface area contributed by atoms with Gasteiger partial charge in [0.05, 0.1) is 24.5 Å². The molecule has 2 atom stereocenters. The molecule has 5 rings (SSSR count). The highest BCUT2D eigenvalue weighted by Crippen LogP contribution is 2.41. The van der Waals surface area contributed by atoms with E-state index in [4.69, 9.17) is 33.7 Å². The molecule has 0 radical (unpaired) electrons. The smallest absolute Gasteiger partial charge is 0.328 e. The Morgan fingerprint density at radius 1 is 1.00 bits per heavy atom. The van der Waals surface area contributed by atoms with Crippen LogP contribution < -0.4 is 26.2 Å². The van der Waals surface area contributed by atoms with Crippen molar-refractivity contribution in [2.75, 3.05) is 54.7 Å². The summed E-state index contributed by atoms with van der Waals surface area (Å²) >= 11 is 15.3. The Balaban J connectivity index is 1.08. The van der Waals surface area contributed by atoms with Gasteiger partial charge >= 0.3 is 12.0 Å². The Morgan fingerprint density at radius 2 is 1.75 bits per heavy atom. The summed E-state index contributed by atoms with van der Waals surface area (Å²) in [5, 5.41) is 6.86. The molecule has 2 aromatic carbocycles. The number of nitrogens with zero attached hydrogens (tertiary/aromatic N) is 3. The fraction of sp³-hybridized carbons (Fsp3) is 0.571. The number of methoxy groups -OCH3 is 1. The summed E-state index contributed by atoms with van der Waals surface area (Å²) in [5.41, 5.74) is 9.63. The lowest BCUT2D eigenvalue weighted by molar-refractivity contribution is -0.143. The van der Waals surface area contributed by atoms with E-state index in [2.05, 4.69) is 38.6 Å². The lowest BCUT2D eigenvalue weighted by atomic mass is 10.0. The predicted octanol–water partition coefficient (Wildman–Crippen LogP) is 5.57. The maximum absolute atomic E-state index is 14.0. The van der Waals surface area contributed by atoms with Gasteiger partial charge in [-0.3, -0.25) is 9.69 Å². The highest BCUT2D eigenvalue weighted by atomic mass is 35.5. The SMILES string of the molecule is COC(=O)[C@@H](CCCCN)NC(=O)NCCCCCc1cc(Cl)c(CN2CSC[C@H]2C(=O)N2CCN(C3CC3)c3ccccc32)cc1Cl. The van der Waals surface area contributed by atoms with E-state index in [-0.39, 0.29) is 18.0 Å². The number of amides is 3. The van der Waals surface area contributed by atoms with E-state index >= 15 is 0 Å². The molecule has 13 heteroatoms. The minimum absolute atomic E-state index is 0.152. The molecular weight excluding hydrogens is 671 g/mol. The van der Waals surface area contributed by atoms with Crippen molar-refractivity contribution in [3.05, 3.63) is 57.6 Å². The summed E-state index contributed by atoms with van der Waals surface area (Å²) in [6, 6.07) is 11.5. The molecule has 3 aliphatic rings. The number of halogens is 2. The highest BCUT2D eigenvalue weighted by Gasteiger charge is 2.40. The number of thioether (sulfide) groups is 1. The number of benzene rings is 2. The fourth-order valence-corrected chi connectivity index (χ4v) is 8.21. The van der Waals surface area contributed by atoms with Crippen molar-refractivity contribution in [1.82, 2.24) is 15.5 Å². The zero-order chi connectivity index (χ0) is 34.0. The van der Waals surface area contributed by atoms with Gasteiger partial charge in [-0.25, -0.2) is 9.59 Å². The van der Waals surface area contributed by atoms with Crippen LogP contribution in [0.3, 0.4) is 0 Å². The van der Waals surface area contributed by atoms with E-state index in [1.165, 1.54) is 25.6 Å². The maximum Gasteiger partial charge on any atom is 0.328 e. The van der Waals surface area contributed by atoms with E-state index in [0.29, 0.717) is 48.7 Å². The normalized spacial score (nSPS) is 18.4. The molecule has 48 heavy (non-hydrogen) atoms. The largest absolute Gasteiger partial charge is 0.467 e. The first-order valence-electron chi connectivity index (χ1n) is 17.1. The van der Waals surface area contributed by atoms with Crippen LogP contribution in [-0.4, -0.2) is 85.9 Å². The number of nitrogens with one attached hydrogen (secondary N) is 2. The van der Waals surface area contributed by atoms with Crippen LogP contribution in [0.1, 0.15) is 62.5 Å². The first kappa shape index (κ1) is 36.6. The van der Waals surface area contributed by atoms with Gasteiger partial charge in [0.1, 0.15) is 6.04 Å². The summed E-state index contributed by atoms with van der Waals surface area (Å²) in [6.07, 6.45) is 7.79. The number of hydrogen-bond donors (Lipinski definition) is 3. The van der Waals surface area contributed by atoms with E-state index in [1.807, 2.05) is 23.1 Å². The number of ether oxygens (including phenoxy) is 1. The number of carbonyl (C=O) groups is 3. The van der Waals surface area contributed by atoms with Crippen molar-refractivity contribution in [1.29, 1.82) is 0 Å². The zero-order valence-electron chi connectivity index (χ0n) is 27.7. The number of nitrogens with two attached hydrogens (primary N) is 1. The Labute approximate surface area is 298 Å². The van der Waals surface area contributed by atoms with Gasteiger partial charge in [-0.05, 0) is 93.3 Å². The molecule has 2 aromatic rings. The molecule has 2 aliphatic heterocycles. The molecule has 4 N–H and O–H groups in total. The second kappa shape index (κ2) is 17.8. The molecule has 2 fully saturated rings. The molecule has 262 valence electrons. The van der Waals surface area contributed by atoms with E-state index in [9.17, 15) is 14.4 Å². The number of carbonyl (C=O) groups excluding carboxylic acids is 3. The zero-order valence-corrected chi connectivity index (χ0v) is 30.1. The summed E-state index contributed by atoms with van der Waals surface area (Å²) < 4.78 is 4.81. The van der Waals surface area contributed by atoms with Gasteiger partial charge in [0.2, 0.25) is 5.91 Å². The molecule has 0 spiro atoms. The number of aryl methyl sites for hydroxylation is 1. The highest BCUT2D eigenvalue weighted by molar-refractivity contribution is 7.99. The average Bonchev–Trinajstić information content (AvgIpc) is 3.83. The molecule has 10 nitrogen and oxygen atoms in total. The van der Waals surface area contributed by atoms with Crippen LogP contribution in [0, 0.1) is 0 Å². The van der Waals surface area contributed by atoms with Gasteiger partial charge < -0.3 is 30.9 Å². The Hall–Kier alpha value is -2.70. The Bertz CT molecular complexity index is 1430. The number of anilines is 2. The van der Waals surface area contributed by atoms with Gasteiger partial charge in [-0.15, -0.1) is 11.8 Å². The minimum atomic E-state index is -0.683. The van der Waals surface area contributed by atoms with Crippen molar-refractivity contribution in [3.8, 4) is 0 Å². The standard InChI is InChI=1S/C35H48Cl2N6O4S/c1-47-34(45)29(10-6-7-15-38)40-35(46)39-16-8-2-3-9-24-19-28(37)25(20-27(24)36)21-41-23-48-22-32(41)33(44)43-18-17-42(26-13-14-26)30-11-4-5-12-31(30)43/h4-5,11-12,19-20,26,29,32H,2-3,6-10,13-18,21-23,38H2,1H3,(H2,39,40,46)/t29-,32+/m1/s1. The van der Waals surface area contributed by atoms with E-state index in [1.54, 1.807) is 11.8 Å². The third-order valence-corrected chi connectivity index (χ3v) is 11.1. The minimum Gasteiger partial charge on any atom is -0.467 e. The molecule has 3 amide bonds. The number of esters is 1. The van der Waals surface area contributed by atoms with Crippen LogP contribution in [-0.2, 0) is 27.3 Å². The first-order chi connectivity index (χ1) is 23.3. The Kier molecular flexibility index (Phi) is 13.6. The first-order valence-corrected chi connectivity index (χ1v) is 19.0. The second-order valence-corrected chi connectivity index (χ2v) is 14.6. The molecule has 0 bridgehead atoms. The van der Waals surface area contributed by atoms with Crippen molar-refractivity contribution >= 4 is 64.2 Å².